The molecule has 10 atom stereocenters. The van der Waals surface area contributed by atoms with Crippen LogP contribution in [0.15, 0.2) is 23.8 Å². The summed E-state index contributed by atoms with van der Waals surface area (Å²) in [6.07, 6.45) is -10.4. The number of aromatic nitrogens is 8. The van der Waals surface area contributed by atoms with Gasteiger partial charge in [-0.25, -0.2) is 33.3 Å². The van der Waals surface area contributed by atoms with E-state index in [1.165, 1.54) is 10.9 Å². The van der Waals surface area contributed by atoms with Gasteiger partial charge in [0.15, 0.2) is 53.5 Å². The second-order valence-electron chi connectivity index (χ2n) is 9.80. The van der Waals surface area contributed by atoms with Crippen LogP contribution in [0.1, 0.15) is 12.5 Å². The van der Waals surface area contributed by atoms with Gasteiger partial charge >= 0.3 is 16.1 Å². The number of phosphoric ester groups is 1. The molecule has 0 spiro atoms. The number of ether oxygens (including phenoxy) is 2. The highest BCUT2D eigenvalue weighted by atomic mass is 31.2. The molecule has 2 unspecified atom stereocenters. The summed E-state index contributed by atoms with van der Waals surface area (Å²) in [6, 6.07) is 0. The monoisotopic (exact) mass is 661 g/mol. The predicted octanol–water partition coefficient (Wildman–Crippen LogP) is 0.170. The summed E-state index contributed by atoms with van der Waals surface area (Å²) in [5, 5.41) is 0. The first-order valence-electron chi connectivity index (χ1n) is 12.7. The Balaban J connectivity index is 1.18. The molecule has 3 saturated heterocycles. The first-order chi connectivity index (χ1) is 21.0. The Morgan fingerprint density at radius 1 is 0.977 bits per heavy atom. The van der Waals surface area contributed by atoms with E-state index in [-0.39, 0.29) is 34.1 Å². The SMILES string of the molecule is Nc1nc2c(ncn2[C@@H]2O[C@@H]3CO[P+](=O)O[C@H]4[C@H](F)[C@H](n5cnc6c(N)ncnc65)O[C@@H]4COP(=O)(O)O[C@@H]2[C@@H]3F)c(=O)[nH]1. The maximum absolute atomic E-state index is 15.8. The van der Waals surface area contributed by atoms with Crippen molar-refractivity contribution in [1.82, 2.24) is 39.0 Å². The predicted molar refractivity (Wildman–Crippen MR) is 139 cm³/mol. The fourth-order valence-corrected chi connectivity index (χ4v) is 6.85. The van der Waals surface area contributed by atoms with Crippen LogP contribution in [-0.4, -0.2) is 93.9 Å². The topological polar surface area (TPSA) is 269 Å². The van der Waals surface area contributed by atoms with Crippen LogP contribution in [0.2, 0.25) is 0 Å². The molecule has 2 bridgehead atoms. The molecule has 234 valence electrons. The molecule has 24 heteroatoms. The summed E-state index contributed by atoms with van der Waals surface area (Å²) in [5.41, 5.74) is 10.7. The number of anilines is 2. The van der Waals surface area contributed by atoms with Crippen molar-refractivity contribution in [1.29, 1.82) is 0 Å². The number of halogens is 2. The number of hydrogen-bond acceptors (Lipinski definition) is 16. The van der Waals surface area contributed by atoms with Crippen molar-refractivity contribution in [3.05, 3.63) is 29.3 Å². The van der Waals surface area contributed by atoms with Crippen molar-refractivity contribution in [2.24, 2.45) is 0 Å². The second-order valence-corrected chi connectivity index (χ2v) is 12.1. The van der Waals surface area contributed by atoms with E-state index in [1.807, 2.05) is 0 Å². The summed E-state index contributed by atoms with van der Waals surface area (Å²) < 4.78 is 91.7. The van der Waals surface area contributed by atoms with Gasteiger partial charge in [0.2, 0.25) is 5.95 Å². The number of phosphoric acid groups is 1. The largest absolute Gasteiger partial charge is 0.697 e. The molecule has 3 aliphatic rings. The third-order valence-electron chi connectivity index (χ3n) is 7.13. The van der Waals surface area contributed by atoms with Gasteiger partial charge in [-0.05, 0) is 0 Å². The lowest BCUT2D eigenvalue weighted by Gasteiger charge is -2.24. The van der Waals surface area contributed by atoms with E-state index >= 15 is 8.78 Å². The number of nitrogens with one attached hydrogen (secondary N) is 1. The smallest absolute Gasteiger partial charge is 0.382 e. The fourth-order valence-electron chi connectivity index (χ4n) is 5.15. The highest BCUT2D eigenvalue weighted by molar-refractivity contribution is 7.47. The molecule has 0 saturated carbocycles. The van der Waals surface area contributed by atoms with Crippen molar-refractivity contribution in [3.63, 3.8) is 0 Å². The van der Waals surface area contributed by atoms with E-state index in [0.29, 0.717) is 0 Å². The highest BCUT2D eigenvalue weighted by Gasteiger charge is 2.56. The van der Waals surface area contributed by atoms with Crippen molar-refractivity contribution in [2.75, 3.05) is 24.7 Å². The summed E-state index contributed by atoms with van der Waals surface area (Å²) in [7, 11) is -8.29. The van der Waals surface area contributed by atoms with Gasteiger partial charge in [0, 0.05) is 4.57 Å². The zero-order valence-corrected chi connectivity index (χ0v) is 23.6. The molecule has 3 aliphatic heterocycles. The fraction of sp³-hybridized carbons (Fsp3) is 0.500. The maximum atomic E-state index is 15.8. The number of imidazole rings is 2. The summed E-state index contributed by atoms with van der Waals surface area (Å²) in [6.45, 7) is -1.57. The van der Waals surface area contributed by atoms with Gasteiger partial charge in [-0.15, -0.1) is 9.05 Å². The maximum Gasteiger partial charge on any atom is 0.697 e. The molecule has 0 amide bonds. The molecule has 3 fully saturated rings. The number of hydrogen-bond donors (Lipinski definition) is 4. The van der Waals surface area contributed by atoms with Gasteiger partial charge < -0.3 is 25.8 Å². The van der Waals surface area contributed by atoms with Gasteiger partial charge in [-0.3, -0.25) is 28.0 Å². The van der Waals surface area contributed by atoms with Crippen LogP contribution >= 0.6 is 16.1 Å². The zero-order valence-electron chi connectivity index (χ0n) is 21.8. The lowest BCUT2D eigenvalue weighted by Crippen LogP contribution is -2.33. The number of nitrogens with two attached hydrogens (primary N) is 2. The Kier molecular flexibility index (Phi) is 7.15. The standard InChI is InChI=1S/C20H20F2N10O10P2/c21-8-6-1-37-43(34)41-12-7(40-18(9(12)22)31-4-27-10-14(23)25-3-26-15(10)31)2-38-44(35,36)42-13(8)19(39-6)32-5-28-11-16(32)29-20(24)30-17(11)33/h3-9,12-13,18-19H,1-2H2,(H5-,23,24,25,26,29,30,33,35,36)/p+1/t6-,7-,8-,9+,12-,13-,18-,19-/m1/s1. The Hall–Kier alpha value is -3.59. The van der Waals surface area contributed by atoms with Crippen molar-refractivity contribution in [3.8, 4) is 0 Å². The molecule has 4 aromatic heterocycles. The molecule has 20 nitrogen and oxygen atoms in total. The molecule has 4 aromatic rings. The molecule has 7 heterocycles. The van der Waals surface area contributed by atoms with Gasteiger partial charge in [0.05, 0.1) is 19.3 Å². The lowest BCUT2D eigenvalue weighted by molar-refractivity contribution is -0.0625. The number of fused-ring (bicyclic) bond motifs is 5. The lowest BCUT2D eigenvalue weighted by atomic mass is 10.1. The Morgan fingerprint density at radius 3 is 2.50 bits per heavy atom. The first-order valence-corrected chi connectivity index (χ1v) is 15.3. The van der Waals surface area contributed by atoms with Crippen LogP contribution < -0.4 is 17.0 Å². The number of nitrogen functional groups attached to an aromatic ring is 2. The van der Waals surface area contributed by atoms with Gasteiger partial charge in [0.25, 0.3) is 5.56 Å². The minimum Gasteiger partial charge on any atom is -0.382 e. The number of nitrogens with zero attached hydrogens (tertiary/aromatic N) is 7. The zero-order chi connectivity index (χ0) is 30.9. The highest BCUT2D eigenvalue weighted by Crippen LogP contribution is 2.52. The second kappa shape index (κ2) is 10.8. The van der Waals surface area contributed by atoms with E-state index in [4.69, 9.17) is 39.0 Å². The van der Waals surface area contributed by atoms with Crippen LogP contribution in [0.25, 0.3) is 22.3 Å². The molecule has 0 aliphatic carbocycles. The summed E-state index contributed by atoms with van der Waals surface area (Å²) in [5.74, 6) is -0.269. The molecular weight excluding hydrogens is 640 g/mol. The average Bonchev–Trinajstić information content (AvgIpc) is 3.72. The Labute approximate surface area is 243 Å². The average molecular weight is 661 g/mol. The normalized spacial score (nSPS) is 35.8. The molecule has 44 heavy (non-hydrogen) atoms. The van der Waals surface area contributed by atoms with Crippen LogP contribution in [0.4, 0.5) is 20.5 Å². The number of rotatable bonds is 2. The molecule has 6 N–H and O–H groups in total. The minimum absolute atomic E-state index is 0.0233. The van der Waals surface area contributed by atoms with Crippen LogP contribution in [-0.2, 0) is 36.7 Å². The van der Waals surface area contributed by atoms with Gasteiger partial charge in [-0.1, -0.05) is 0 Å². The number of aromatic amines is 1. The molecule has 7 rings (SSSR count). The van der Waals surface area contributed by atoms with E-state index < -0.39 is 84.1 Å². The van der Waals surface area contributed by atoms with Crippen LogP contribution in [0.5, 0.6) is 0 Å². The minimum atomic E-state index is -5.16. The quantitative estimate of drug-likeness (QED) is 0.208. The third-order valence-corrected chi connectivity index (χ3v) is 8.89. The summed E-state index contributed by atoms with van der Waals surface area (Å²) in [4.78, 5) is 44.9. The van der Waals surface area contributed by atoms with E-state index in [2.05, 4.69) is 29.9 Å². The Morgan fingerprint density at radius 2 is 1.70 bits per heavy atom. The summed E-state index contributed by atoms with van der Waals surface area (Å²) >= 11 is 0. The van der Waals surface area contributed by atoms with Gasteiger partial charge in [-0.2, -0.15) is 4.98 Å². The van der Waals surface area contributed by atoms with Crippen LogP contribution in [0, 0.1) is 0 Å². The first kappa shape index (κ1) is 29.1. The van der Waals surface area contributed by atoms with Crippen molar-refractivity contribution < 1.29 is 50.4 Å². The third kappa shape index (κ3) is 4.93. The van der Waals surface area contributed by atoms with Gasteiger partial charge in [0.1, 0.15) is 36.8 Å². The molecular formula is C20H21F2N10O10P2+. The number of alkyl halides is 2. The van der Waals surface area contributed by atoms with Crippen LogP contribution in [0.3, 0.4) is 0 Å². The van der Waals surface area contributed by atoms with Crippen molar-refractivity contribution >= 4 is 50.2 Å². The van der Waals surface area contributed by atoms with E-state index in [9.17, 15) is 18.8 Å². The Bertz CT molecular complexity index is 1880. The molecule has 0 aromatic carbocycles. The number of H-pyrrole nitrogens is 1. The molecule has 0 radical (unpaired) electrons. The van der Waals surface area contributed by atoms with E-state index in [1.54, 1.807) is 0 Å². The van der Waals surface area contributed by atoms with Crippen molar-refractivity contribution in [2.45, 2.75) is 49.2 Å². The van der Waals surface area contributed by atoms with E-state index in [0.717, 1.165) is 17.2 Å².